The summed E-state index contributed by atoms with van der Waals surface area (Å²) in [6.07, 6.45) is 4.01. The highest BCUT2D eigenvalue weighted by Crippen LogP contribution is 2.23. The number of nitrogens with zero attached hydrogens (tertiary/aromatic N) is 1. The molecule has 1 amide bonds. The van der Waals surface area contributed by atoms with Gasteiger partial charge in [0.05, 0.1) is 11.9 Å². The van der Waals surface area contributed by atoms with Crippen molar-refractivity contribution in [3.63, 3.8) is 0 Å². The summed E-state index contributed by atoms with van der Waals surface area (Å²) in [4.78, 5) is 17.0. The third-order valence-electron chi connectivity index (χ3n) is 4.68. The fourth-order valence-electron chi connectivity index (χ4n) is 3.35. The number of pyridine rings is 1. The van der Waals surface area contributed by atoms with Crippen LogP contribution in [0.4, 0.5) is 10.1 Å². The van der Waals surface area contributed by atoms with Crippen LogP contribution >= 0.6 is 0 Å². The van der Waals surface area contributed by atoms with E-state index in [1.54, 1.807) is 18.2 Å². The van der Waals surface area contributed by atoms with Crippen LogP contribution in [0.2, 0.25) is 0 Å². The maximum Gasteiger partial charge on any atom is 0.227 e. The molecule has 2 aromatic carbocycles. The van der Waals surface area contributed by atoms with Gasteiger partial charge in [-0.25, -0.2) is 4.39 Å². The lowest BCUT2D eigenvalue weighted by Gasteiger charge is -2.19. The van der Waals surface area contributed by atoms with E-state index in [2.05, 4.69) is 36.3 Å². The van der Waals surface area contributed by atoms with Crippen molar-refractivity contribution < 1.29 is 9.18 Å². The molecule has 0 aliphatic heterocycles. The first-order valence-electron chi connectivity index (χ1n) is 9.42. The molecule has 140 valence electrons. The number of rotatable bonds is 7. The van der Waals surface area contributed by atoms with Crippen LogP contribution < -0.4 is 5.32 Å². The van der Waals surface area contributed by atoms with Gasteiger partial charge < -0.3 is 5.32 Å². The van der Waals surface area contributed by atoms with Gasteiger partial charge >= 0.3 is 0 Å². The van der Waals surface area contributed by atoms with Gasteiger partial charge in [0.1, 0.15) is 11.3 Å². The SMILES string of the molecule is CC(C)CC(CCc1ccccc1)C(=O)Nc1cnc2c(F)cccc2c1. The number of carbonyl (C=O) groups is 1. The van der Waals surface area contributed by atoms with Crippen LogP contribution in [0.25, 0.3) is 10.9 Å². The fourth-order valence-corrected chi connectivity index (χ4v) is 3.35. The van der Waals surface area contributed by atoms with E-state index in [9.17, 15) is 9.18 Å². The number of amides is 1. The number of benzene rings is 2. The standard InChI is InChI=1S/C23H25FN2O/c1-16(2)13-19(12-11-17-7-4-3-5-8-17)23(27)26-20-14-18-9-6-10-21(24)22(18)25-15-20/h3-10,14-16,19H,11-13H2,1-2H3,(H,26,27). The highest BCUT2D eigenvalue weighted by molar-refractivity contribution is 5.94. The largest absolute Gasteiger partial charge is 0.324 e. The van der Waals surface area contributed by atoms with Gasteiger partial charge in [0, 0.05) is 11.3 Å². The summed E-state index contributed by atoms with van der Waals surface area (Å²) in [5.74, 6) is -0.00290. The molecule has 0 radical (unpaired) electrons. The summed E-state index contributed by atoms with van der Waals surface area (Å²) in [6, 6.07) is 16.8. The third kappa shape index (κ3) is 5.13. The number of para-hydroxylation sites is 1. The molecule has 0 saturated heterocycles. The van der Waals surface area contributed by atoms with Crippen LogP contribution in [-0.4, -0.2) is 10.9 Å². The minimum absolute atomic E-state index is 0.00261. The molecule has 1 aromatic heterocycles. The van der Waals surface area contributed by atoms with Crippen LogP contribution in [0.15, 0.2) is 60.8 Å². The Bertz CT molecular complexity index is 909. The van der Waals surface area contributed by atoms with Gasteiger partial charge in [-0.15, -0.1) is 0 Å². The Morgan fingerprint density at radius 3 is 2.63 bits per heavy atom. The van der Waals surface area contributed by atoms with Crippen LogP contribution in [-0.2, 0) is 11.2 Å². The van der Waals surface area contributed by atoms with E-state index in [1.807, 2.05) is 18.2 Å². The predicted molar refractivity (Wildman–Crippen MR) is 108 cm³/mol. The molecule has 0 saturated carbocycles. The number of hydrogen-bond acceptors (Lipinski definition) is 2. The number of hydrogen-bond donors (Lipinski definition) is 1. The predicted octanol–water partition coefficient (Wildman–Crippen LogP) is 5.61. The summed E-state index contributed by atoms with van der Waals surface area (Å²) in [6.45, 7) is 4.26. The van der Waals surface area contributed by atoms with E-state index >= 15 is 0 Å². The lowest BCUT2D eigenvalue weighted by Crippen LogP contribution is -2.25. The van der Waals surface area contributed by atoms with E-state index < -0.39 is 0 Å². The lowest BCUT2D eigenvalue weighted by molar-refractivity contribution is -0.120. The Morgan fingerprint density at radius 2 is 1.89 bits per heavy atom. The molecule has 0 fully saturated rings. The Balaban J connectivity index is 1.71. The Labute approximate surface area is 159 Å². The van der Waals surface area contributed by atoms with E-state index in [4.69, 9.17) is 0 Å². The molecule has 27 heavy (non-hydrogen) atoms. The van der Waals surface area contributed by atoms with Crippen LogP contribution in [0.5, 0.6) is 0 Å². The summed E-state index contributed by atoms with van der Waals surface area (Å²) in [5.41, 5.74) is 2.16. The fraction of sp³-hybridized carbons (Fsp3) is 0.304. The summed E-state index contributed by atoms with van der Waals surface area (Å²) in [7, 11) is 0. The second-order valence-electron chi connectivity index (χ2n) is 7.38. The van der Waals surface area contributed by atoms with Crippen molar-refractivity contribution in [3.05, 3.63) is 72.2 Å². The average Bonchev–Trinajstić information content (AvgIpc) is 2.65. The van der Waals surface area contributed by atoms with Crippen LogP contribution in [0.3, 0.4) is 0 Å². The zero-order valence-corrected chi connectivity index (χ0v) is 15.8. The number of anilines is 1. The van der Waals surface area contributed by atoms with Crippen molar-refractivity contribution in [3.8, 4) is 0 Å². The molecule has 0 aliphatic rings. The van der Waals surface area contributed by atoms with Crippen molar-refractivity contribution in [2.75, 3.05) is 5.32 Å². The van der Waals surface area contributed by atoms with Gasteiger partial charge in [0.25, 0.3) is 0 Å². The van der Waals surface area contributed by atoms with Crippen molar-refractivity contribution in [1.29, 1.82) is 0 Å². The first kappa shape index (κ1) is 19.0. The molecular formula is C23H25FN2O. The van der Waals surface area contributed by atoms with Gasteiger partial charge in [-0.1, -0.05) is 56.3 Å². The molecule has 1 N–H and O–H groups in total. The topological polar surface area (TPSA) is 42.0 Å². The van der Waals surface area contributed by atoms with Gasteiger partial charge in [0.2, 0.25) is 5.91 Å². The third-order valence-corrected chi connectivity index (χ3v) is 4.68. The number of aryl methyl sites for hydroxylation is 1. The summed E-state index contributed by atoms with van der Waals surface area (Å²) >= 11 is 0. The normalized spacial score (nSPS) is 12.3. The van der Waals surface area contributed by atoms with E-state index in [0.29, 0.717) is 22.5 Å². The first-order valence-corrected chi connectivity index (χ1v) is 9.42. The van der Waals surface area contributed by atoms with Crippen molar-refractivity contribution in [2.45, 2.75) is 33.1 Å². The molecule has 0 aliphatic carbocycles. The van der Waals surface area contributed by atoms with Gasteiger partial charge in [-0.05, 0) is 42.9 Å². The second kappa shape index (κ2) is 8.76. The quantitative estimate of drug-likeness (QED) is 0.592. The second-order valence-corrected chi connectivity index (χ2v) is 7.38. The average molecular weight is 364 g/mol. The zero-order chi connectivity index (χ0) is 19.2. The molecule has 1 heterocycles. The van der Waals surface area contributed by atoms with Crippen molar-refractivity contribution in [2.24, 2.45) is 11.8 Å². The van der Waals surface area contributed by atoms with Crippen molar-refractivity contribution in [1.82, 2.24) is 4.98 Å². The van der Waals surface area contributed by atoms with E-state index in [1.165, 1.54) is 17.8 Å². The smallest absolute Gasteiger partial charge is 0.227 e. The number of fused-ring (bicyclic) bond motifs is 1. The number of halogens is 1. The molecule has 1 unspecified atom stereocenters. The number of carbonyl (C=O) groups excluding carboxylic acids is 1. The summed E-state index contributed by atoms with van der Waals surface area (Å²) in [5, 5.41) is 3.65. The molecule has 3 aromatic rings. The zero-order valence-electron chi connectivity index (χ0n) is 15.8. The van der Waals surface area contributed by atoms with Gasteiger partial charge in [-0.3, -0.25) is 9.78 Å². The maximum absolute atomic E-state index is 13.8. The van der Waals surface area contributed by atoms with Gasteiger partial charge in [0.15, 0.2) is 0 Å². The molecule has 3 rings (SSSR count). The monoisotopic (exact) mass is 364 g/mol. The molecule has 4 heteroatoms. The van der Waals surface area contributed by atoms with E-state index in [-0.39, 0.29) is 17.6 Å². The number of aromatic nitrogens is 1. The molecule has 0 spiro atoms. The van der Waals surface area contributed by atoms with Gasteiger partial charge in [-0.2, -0.15) is 0 Å². The first-order chi connectivity index (χ1) is 13.0. The lowest BCUT2D eigenvalue weighted by atomic mass is 9.90. The van der Waals surface area contributed by atoms with Crippen molar-refractivity contribution >= 4 is 22.5 Å². The Morgan fingerprint density at radius 1 is 1.11 bits per heavy atom. The minimum atomic E-state index is -0.356. The highest BCUT2D eigenvalue weighted by Gasteiger charge is 2.20. The van der Waals surface area contributed by atoms with Crippen LogP contribution in [0.1, 0.15) is 32.3 Å². The highest BCUT2D eigenvalue weighted by atomic mass is 19.1. The molecular weight excluding hydrogens is 339 g/mol. The Hall–Kier alpha value is -2.75. The van der Waals surface area contributed by atoms with E-state index in [0.717, 1.165) is 19.3 Å². The molecule has 1 atom stereocenters. The minimum Gasteiger partial charge on any atom is -0.324 e. The number of nitrogens with one attached hydrogen (secondary N) is 1. The molecule has 3 nitrogen and oxygen atoms in total. The Kier molecular flexibility index (Phi) is 6.17. The molecule has 0 bridgehead atoms. The maximum atomic E-state index is 13.8. The summed E-state index contributed by atoms with van der Waals surface area (Å²) < 4.78 is 13.8. The van der Waals surface area contributed by atoms with Crippen LogP contribution in [0, 0.1) is 17.7 Å².